The number of carbonyl (C=O) groups is 1. The van der Waals surface area contributed by atoms with Gasteiger partial charge in [0.2, 0.25) is 0 Å². The van der Waals surface area contributed by atoms with E-state index in [4.69, 9.17) is 0 Å². The molecule has 26 heavy (non-hydrogen) atoms. The third-order valence-electron chi connectivity index (χ3n) is 9.45. The van der Waals surface area contributed by atoms with E-state index in [0.717, 1.165) is 38.5 Å². The highest BCUT2D eigenvalue weighted by Crippen LogP contribution is 2.68. The molecular weight excluding hydrogens is 395 g/mol. The lowest BCUT2D eigenvalue weighted by Crippen LogP contribution is -2.59. The van der Waals surface area contributed by atoms with Crippen molar-refractivity contribution in [3.05, 3.63) is 0 Å². The van der Waals surface area contributed by atoms with Crippen LogP contribution < -0.4 is 0 Å². The molecule has 0 heterocycles. The molecule has 1 N–H and O–H groups in total. The van der Waals surface area contributed by atoms with Gasteiger partial charge in [-0.05, 0) is 92.8 Å². The Bertz CT molecular complexity index is 593. The molecule has 0 amide bonds. The number of halogens is 2. The summed E-state index contributed by atoms with van der Waals surface area (Å²) in [4.78, 5) is 12.5. The molecule has 4 aliphatic rings. The molecule has 0 saturated heterocycles. The third-order valence-corrected chi connectivity index (χ3v) is 10.0. The summed E-state index contributed by atoms with van der Waals surface area (Å²) in [6, 6.07) is 0. The van der Waals surface area contributed by atoms with E-state index in [1.165, 1.54) is 0 Å². The van der Waals surface area contributed by atoms with Gasteiger partial charge in [0, 0.05) is 5.92 Å². The average Bonchev–Trinajstić information content (AvgIpc) is 2.93. The fraction of sp³-hybridized carbons (Fsp3) is 0.955. The average molecular weight is 429 g/mol. The Hall–Kier alpha value is 0.0400. The van der Waals surface area contributed by atoms with Crippen molar-refractivity contribution in [2.24, 2.45) is 40.4 Å². The highest BCUT2D eigenvalue weighted by molar-refractivity contribution is 9.09. The Balaban J connectivity index is 1.63. The Morgan fingerprint density at radius 3 is 2.42 bits per heavy atom. The number of ketones is 1. The Morgan fingerprint density at radius 1 is 1.04 bits per heavy atom. The van der Waals surface area contributed by atoms with Crippen LogP contribution in [-0.2, 0) is 4.79 Å². The van der Waals surface area contributed by atoms with Crippen molar-refractivity contribution in [2.75, 3.05) is 5.33 Å². The minimum Gasteiger partial charge on any atom is -0.390 e. The molecule has 148 valence electrons. The van der Waals surface area contributed by atoms with Crippen LogP contribution in [0.1, 0.15) is 72.1 Å². The number of hydrogen-bond donors (Lipinski definition) is 1. The van der Waals surface area contributed by atoms with Gasteiger partial charge in [-0.2, -0.15) is 0 Å². The molecule has 4 heteroatoms. The van der Waals surface area contributed by atoms with Crippen LogP contribution in [0.15, 0.2) is 0 Å². The zero-order valence-electron chi connectivity index (χ0n) is 16.4. The van der Waals surface area contributed by atoms with Crippen LogP contribution in [0, 0.1) is 40.4 Å². The molecule has 4 saturated carbocycles. The van der Waals surface area contributed by atoms with E-state index < -0.39 is 11.8 Å². The molecular formula is C22H34BrFO2. The Kier molecular flexibility index (Phi) is 4.67. The van der Waals surface area contributed by atoms with Gasteiger partial charge in [0.25, 0.3) is 0 Å². The predicted molar refractivity (Wildman–Crippen MR) is 105 cm³/mol. The first-order valence-corrected chi connectivity index (χ1v) is 11.7. The number of hydrogen-bond acceptors (Lipinski definition) is 2. The molecule has 0 aliphatic heterocycles. The van der Waals surface area contributed by atoms with Gasteiger partial charge in [0.05, 0.1) is 10.9 Å². The van der Waals surface area contributed by atoms with E-state index in [2.05, 4.69) is 29.8 Å². The minimum absolute atomic E-state index is 0.00164. The topological polar surface area (TPSA) is 37.3 Å². The lowest BCUT2D eigenvalue weighted by molar-refractivity contribution is -0.172. The number of fused-ring (bicyclic) bond motifs is 5. The van der Waals surface area contributed by atoms with E-state index in [-0.39, 0.29) is 22.7 Å². The molecule has 2 nitrogen and oxygen atoms in total. The second-order valence-electron chi connectivity index (χ2n) is 10.7. The van der Waals surface area contributed by atoms with Crippen molar-refractivity contribution >= 4 is 21.7 Å². The second-order valence-corrected chi connectivity index (χ2v) is 11.3. The Labute approximate surface area is 165 Å². The maximum Gasteiger partial charge on any atom is 0.147 e. The Morgan fingerprint density at radius 2 is 1.73 bits per heavy atom. The lowest BCUT2D eigenvalue weighted by Gasteiger charge is -2.62. The van der Waals surface area contributed by atoms with Crippen LogP contribution in [0.25, 0.3) is 0 Å². The summed E-state index contributed by atoms with van der Waals surface area (Å²) in [7, 11) is 0. The largest absolute Gasteiger partial charge is 0.390 e. The molecule has 0 radical (unpaired) electrons. The van der Waals surface area contributed by atoms with Crippen LogP contribution in [0.3, 0.4) is 0 Å². The van der Waals surface area contributed by atoms with E-state index in [1.807, 2.05) is 6.92 Å². The predicted octanol–water partition coefficient (Wildman–Crippen LogP) is 5.31. The highest BCUT2D eigenvalue weighted by Gasteiger charge is 2.63. The molecule has 4 rings (SSSR count). The van der Waals surface area contributed by atoms with Gasteiger partial charge in [-0.25, -0.2) is 4.39 Å². The summed E-state index contributed by atoms with van der Waals surface area (Å²) < 4.78 is 15.4. The van der Waals surface area contributed by atoms with E-state index in [1.54, 1.807) is 0 Å². The van der Waals surface area contributed by atoms with Crippen molar-refractivity contribution < 1.29 is 14.3 Å². The number of Topliss-reactive ketones (excluding diaryl/α,β-unsaturated/α-hetero) is 1. The fourth-order valence-corrected chi connectivity index (χ4v) is 8.41. The molecule has 9 atom stereocenters. The first kappa shape index (κ1) is 19.4. The third kappa shape index (κ3) is 2.68. The van der Waals surface area contributed by atoms with E-state index in [0.29, 0.717) is 41.7 Å². The van der Waals surface area contributed by atoms with Crippen molar-refractivity contribution in [1.82, 2.24) is 0 Å². The number of carbonyl (C=O) groups excluding carboxylic acids is 1. The van der Waals surface area contributed by atoms with Gasteiger partial charge in [-0.3, -0.25) is 4.79 Å². The highest BCUT2D eigenvalue weighted by atomic mass is 79.9. The second kappa shape index (κ2) is 6.27. The van der Waals surface area contributed by atoms with Crippen molar-refractivity contribution in [3.63, 3.8) is 0 Å². The molecule has 1 unspecified atom stereocenters. The molecule has 0 aromatic rings. The van der Waals surface area contributed by atoms with E-state index >= 15 is 4.39 Å². The number of alkyl halides is 2. The van der Waals surface area contributed by atoms with Crippen molar-refractivity contribution in [1.29, 1.82) is 0 Å². The van der Waals surface area contributed by atoms with Gasteiger partial charge < -0.3 is 5.11 Å². The zero-order chi connectivity index (χ0) is 18.9. The maximum absolute atomic E-state index is 15.4. The molecule has 4 aliphatic carbocycles. The molecule has 4 fully saturated rings. The quantitative estimate of drug-likeness (QED) is 0.605. The first-order chi connectivity index (χ1) is 12.1. The summed E-state index contributed by atoms with van der Waals surface area (Å²) >= 11 is 3.38. The molecule has 0 aromatic heterocycles. The summed E-state index contributed by atoms with van der Waals surface area (Å²) in [5, 5.41) is 11.0. The van der Waals surface area contributed by atoms with Crippen LogP contribution in [-0.4, -0.2) is 28.0 Å². The van der Waals surface area contributed by atoms with Gasteiger partial charge in [0.15, 0.2) is 0 Å². The summed E-state index contributed by atoms with van der Waals surface area (Å²) in [6.07, 6.45) is 6.51. The minimum atomic E-state index is -0.804. The van der Waals surface area contributed by atoms with Crippen LogP contribution >= 0.6 is 15.9 Å². The maximum atomic E-state index is 15.4. The first-order valence-electron chi connectivity index (χ1n) is 10.6. The van der Waals surface area contributed by atoms with Gasteiger partial charge in [-0.15, -0.1) is 0 Å². The van der Waals surface area contributed by atoms with Crippen molar-refractivity contribution in [3.8, 4) is 0 Å². The van der Waals surface area contributed by atoms with Crippen LogP contribution in [0.4, 0.5) is 4.39 Å². The van der Waals surface area contributed by atoms with Gasteiger partial charge in [-0.1, -0.05) is 29.8 Å². The molecule has 0 aromatic carbocycles. The SMILES string of the molecule is CC12CC[C@@](C)(O)C[C@@H]1[C@H](F)C[C@@H]1[C@@H]2CC[C@]2(C)[C@@H](C(=O)CBr)CC[C@@H]12. The summed E-state index contributed by atoms with van der Waals surface area (Å²) in [5.74, 6) is 1.97. The van der Waals surface area contributed by atoms with E-state index in [9.17, 15) is 9.90 Å². The molecule has 0 bridgehead atoms. The van der Waals surface area contributed by atoms with Crippen LogP contribution in [0.2, 0.25) is 0 Å². The monoisotopic (exact) mass is 428 g/mol. The standard InChI is InChI=1S/C22H34BrFO2/c1-20(26)8-9-22(3)15-6-7-21(2)14(4-5-16(21)19(25)12-23)13(15)10-18(24)17(22)11-20/h13-18,26H,4-12H2,1-3H3/t13-,14-,15-,16+,17+,18+,20+,21-,22?/m0/s1. The molecule has 0 spiro atoms. The summed E-state index contributed by atoms with van der Waals surface area (Å²) in [5.41, 5.74) is -0.621. The fourth-order valence-electron chi connectivity index (χ4n) is 8.02. The lowest BCUT2D eigenvalue weighted by atomic mass is 9.43. The van der Waals surface area contributed by atoms with Crippen molar-refractivity contribution in [2.45, 2.75) is 83.9 Å². The smallest absolute Gasteiger partial charge is 0.147 e. The zero-order valence-corrected chi connectivity index (χ0v) is 18.0. The number of aliphatic hydroxyl groups is 1. The normalized spacial score (nSPS) is 56.4. The summed E-state index contributed by atoms with van der Waals surface area (Å²) in [6.45, 7) is 6.52. The number of rotatable bonds is 2. The van der Waals surface area contributed by atoms with Crippen LogP contribution in [0.5, 0.6) is 0 Å². The van der Waals surface area contributed by atoms with Gasteiger partial charge >= 0.3 is 0 Å². The van der Waals surface area contributed by atoms with Gasteiger partial charge in [0.1, 0.15) is 12.0 Å².